The van der Waals surface area contributed by atoms with Crippen LogP contribution in [0.1, 0.15) is 40.0 Å². The maximum Gasteiger partial charge on any atom is 0.250 e. The van der Waals surface area contributed by atoms with Gasteiger partial charge in [-0.15, -0.1) is 0 Å². The molecule has 2 amide bonds. The molecule has 1 heterocycles. The molecule has 126 valence electrons. The van der Waals surface area contributed by atoms with Gasteiger partial charge in [0.1, 0.15) is 12.6 Å². The van der Waals surface area contributed by atoms with Crippen LogP contribution < -0.4 is 10.2 Å². The molecule has 2 rings (SSSR count). The number of anilines is 2. The molecule has 1 N–H and O–H groups in total. The van der Waals surface area contributed by atoms with Crippen molar-refractivity contribution in [1.29, 1.82) is 0 Å². The van der Waals surface area contributed by atoms with Gasteiger partial charge in [0.25, 0.3) is 0 Å². The van der Waals surface area contributed by atoms with Gasteiger partial charge < -0.3 is 10.2 Å². The van der Waals surface area contributed by atoms with Gasteiger partial charge in [0, 0.05) is 13.1 Å². The molecule has 1 aliphatic heterocycles. The molecule has 0 aromatic heterocycles. The Morgan fingerprint density at radius 1 is 1.17 bits per heavy atom. The summed E-state index contributed by atoms with van der Waals surface area (Å²) in [4.78, 5) is 28.8. The average molecular weight is 317 g/mol. The third-order valence-electron chi connectivity index (χ3n) is 4.13. The summed E-state index contributed by atoms with van der Waals surface area (Å²) < 4.78 is 0. The third kappa shape index (κ3) is 3.84. The van der Waals surface area contributed by atoms with E-state index < -0.39 is 0 Å². The van der Waals surface area contributed by atoms with Gasteiger partial charge in [-0.2, -0.15) is 0 Å². The molecular weight excluding hydrogens is 290 g/mol. The van der Waals surface area contributed by atoms with E-state index in [1.807, 2.05) is 36.1 Å². The van der Waals surface area contributed by atoms with Crippen LogP contribution in [-0.4, -0.2) is 42.4 Å². The lowest BCUT2D eigenvalue weighted by Crippen LogP contribution is -2.51. The van der Waals surface area contributed by atoms with Crippen molar-refractivity contribution < 1.29 is 9.59 Å². The van der Waals surface area contributed by atoms with E-state index in [4.69, 9.17) is 0 Å². The van der Waals surface area contributed by atoms with Gasteiger partial charge in [0.05, 0.1) is 11.4 Å². The van der Waals surface area contributed by atoms with Crippen LogP contribution in [0, 0.1) is 0 Å². The molecule has 1 unspecified atom stereocenters. The first-order chi connectivity index (χ1) is 11.1. The zero-order valence-corrected chi connectivity index (χ0v) is 14.3. The number of carbonyl (C=O) groups is 2. The summed E-state index contributed by atoms with van der Waals surface area (Å²) in [5.41, 5.74) is 1.72. The van der Waals surface area contributed by atoms with Crippen LogP contribution in [0.25, 0.3) is 0 Å². The van der Waals surface area contributed by atoms with Gasteiger partial charge in [-0.1, -0.05) is 32.9 Å². The van der Waals surface area contributed by atoms with Gasteiger partial charge in [0.2, 0.25) is 11.8 Å². The molecule has 5 heteroatoms. The highest BCUT2D eigenvalue weighted by Gasteiger charge is 2.33. The molecule has 23 heavy (non-hydrogen) atoms. The summed E-state index contributed by atoms with van der Waals surface area (Å²) in [6, 6.07) is 7.42. The summed E-state index contributed by atoms with van der Waals surface area (Å²) in [7, 11) is 0. The Morgan fingerprint density at radius 2 is 1.83 bits per heavy atom. The largest absolute Gasteiger partial charge is 0.372 e. The molecule has 1 aromatic rings. The van der Waals surface area contributed by atoms with E-state index in [1.54, 1.807) is 4.90 Å². The highest BCUT2D eigenvalue weighted by atomic mass is 16.2. The van der Waals surface area contributed by atoms with Crippen molar-refractivity contribution >= 4 is 23.2 Å². The van der Waals surface area contributed by atoms with E-state index in [-0.39, 0.29) is 24.4 Å². The second-order valence-corrected chi connectivity index (χ2v) is 5.93. The van der Waals surface area contributed by atoms with Crippen molar-refractivity contribution in [1.82, 2.24) is 4.90 Å². The van der Waals surface area contributed by atoms with Crippen LogP contribution in [0.3, 0.4) is 0 Å². The number of benzene rings is 1. The summed E-state index contributed by atoms with van der Waals surface area (Å²) >= 11 is 0. The molecule has 0 saturated heterocycles. The second kappa shape index (κ2) is 7.99. The van der Waals surface area contributed by atoms with E-state index in [2.05, 4.69) is 19.2 Å². The zero-order chi connectivity index (χ0) is 16.8. The predicted molar refractivity (Wildman–Crippen MR) is 93.7 cm³/mol. The number of fused-ring (bicyclic) bond motifs is 1. The Hall–Kier alpha value is -2.04. The monoisotopic (exact) mass is 317 g/mol. The van der Waals surface area contributed by atoms with Crippen molar-refractivity contribution in [3.05, 3.63) is 24.3 Å². The van der Waals surface area contributed by atoms with Gasteiger partial charge >= 0.3 is 0 Å². The van der Waals surface area contributed by atoms with Crippen LogP contribution in [-0.2, 0) is 9.59 Å². The lowest BCUT2D eigenvalue weighted by molar-refractivity contribution is -0.131. The molecule has 0 fully saturated rings. The van der Waals surface area contributed by atoms with E-state index in [1.165, 1.54) is 0 Å². The Balaban J connectivity index is 2.22. The summed E-state index contributed by atoms with van der Waals surface area (Å²) in [5, 5.41) is 3.26. The van der Waals surface area contributed by atoms with Crippen molar-refractivity contribution in [2.75, 3.05) is 29.9 Å². The lowest BCUT2D eigenvalue weighted by Gasteiger charge is -2.35. The summed E-state index contributed by atoms with van der Waals surface area (Å²) in [6.45, 7) is 7.71. The Kier molecular flexibility index (Phi) is 6.02. The van der Waals surface area contributed by atoms with Gasteiger partial charge in [0.15, 0.2) is 0 Å². The Bertz CT molecular complexity index is 553. The maximum atomic E-state index is 12.7. The van der Waals surface area contributed by atoms with Crippen LogP contribution >= 0.6 is 0 Å². The molecule has 0 spiro atoms. The minimum absolute atomic E-state index is 0.0208. The van der Waals surface area contributed by atoms with Crippen molar-refractivity contribution in [2.24, 2.45) is 0 Å². The van der Waals surface area contributed by atoms with E-state index in [9.17, 15) is 9.59 Å². The fourth-order valence-electron chi connectivity index (χ4n) is 2.96. The molecule has 0 bridgehead atoms. The van der Waals surface area contributed by atoms with E-state index >= 15 is 0 Å². The number of hydrogen-bond acceptors (Lipinski definition) is 3. The van der Waals surface area contributed by atoms with Crippen molar-refractivity contribution in [3.8, 4) is 0 Å². The quantitative estimate of drug-likeness (QED) is 0.841. The first-order valence-corrected chi connectivity index (χ1v) is 8.57. The standard InChI is InChI=1S/C18H27N3O2/c1-4-11-20(12-5-2)17(22)13-21-16-10-8-7-9-15(16)19-14(6-3)18(21)23/h7-10,14,19H,4-6,11-13H2,1-3H3. The van der Waals surface area contributed by atoms with Gasteiger partial charge in [-0.3, -0.25) is 14.5 Å². The first-order valence-electron chi connectivity index (χ1n) is 8.57. The van der Waals surface area contributed by atoms with Crippen LogP contribution in [0.4, 0.5) is 11.4 Å². The number of amides is 2. The molecule has 5 nitrogen and oxygen atoms in total. The van der Waals surface area contributed by atoms with Crippen molar-refractivity contribution in [3.63, 3.8) is 0 Å². The van der Waals surface area contributed by atoms with Gasteiger partial charge in [-0.05, 0) is 31.4 Å². The summed E-state index contributed by atoms with van der Waals surface area (Å²) in [5.74, 6) is 0.00102. The van der Waals surface area contributed by atoms with Crippen LogP contribution in [0.15, 0.2) is 24.3 Å². The molecule has 0 radical (unpaired) electrons. The number of nitrogens with zero attached hydrogens (tertiary/aromatic N) is 2. The Morgan fingerprint density at radius 3 is 2.43 bits per heavy atom. The molecule has 1 aromatic carbocycles. The molecular formula is C18H27N3O2. The Labute approximate surface area is 138 Å². The number of carbonyl (C=O) groups excluding carboxylic acids is 2. The fourth-order valence-corrected chi connectivity index (χ4v) is 2.96. The second-order valence-electron chi connectivity index (χ2n) is 5.93. The zero-order valence-electron chi connectivity index (χ0n) is 14.3. The highest BCUT2D eigenvalue weighted by molar-refractivity contribution is 6.07. The smallest absolute Gasteiger partial charge is 0.250 e. The van der Waals surface area contributed by atoms with Crippen molar-refractivity contribution in [2.45, 2.75) is 46.1 Å². The number of hydrogen-bond donors (Lipinski definition) is 1. The normalized spacial score (nSPS) is 16.7. The first kappa shape index (κ1) is 17.3. The molecule has 1 atom stereocenters. The summed E-state index contributed by atoms with van der Waals surface area (Å²) in [6.07, 6.45) is 2.55. The van der Waals surface area contributed by atoms with E-state index in [0.717, 1.165) is 37.3 Å². The molecule has 0 aliphatic carbocycles. The topological polar surface area (TPSA) is 52.7 Å². The third-order valence-corrected chi connectivity index (χ3v) is 4.13. The number of para-hydroxylation sites is 2. The molecule has 1 aliphatic rings. The van der Waals surface area contributed by atoms with Crippen LogP contribution in [0.5, 0.6) is 0 Å². The number of rotatable bonds is 7. The highest BCUT2D eigenvalue weighted by Crippen LogP contribution is 2.31. The predicted octanol–water partition coefficient (Wildman–Crippen LogP) is 2.87. The van der Waals surface area contributed by atoms with Crippen LogP contribution in [0.2, 0.25) is 0 Å². The fraction of sp³-hybridized carbons (Fsp3) is 0.556. The lowest BCUT2D eigenvalue weighted by atomic mass is 10.1. The minimum Gasteiger partial charge on any atom is -0.372 e. The number of nitrogens with one attached hydrogen (secondary N) is 1. The van der Waals surface area contributed by atoms with Gasteiger partial charge in [-0.25, -0.2) is 0 Å². The van der Waals surface area contributed by atoms with E-state index in [0.29, 0.717) is 6.42 Å². The minimum atomic E-state index is -0.261. The molecule has 0 saturated carbocycles. The maximum absolute atomic E-state index is 12.7. The average Bonchev–Trinajstić information content (AvgIpc) is 2.56. The SMILES string of the molecule is CCCN(CCC)C(=O)CN1C(=O)C(CC)Nc2ccccc21.